The molecule has 0 aliphatic heterocycles. The van der Waals surface area contributed by atoms with Gasteiger partial charge in [0.05, 0.1) is 17.8 Å². The van der Waals surface area contributed by atoms with Gasteiger partial charge in [0.2, 0.25) is 0 Å². The smallest absolute Gasteiger partial charge is 0.296 e. The Bertz CT molecular complexity index is 1630. The summed E-state index contributed by atoms with van der Waals surface area (Å²) in [4.78, 5) is 32.7. The monoisotopic (exact) mass is 492 g/mol. The van der Waals surface area contributed by atoms with Gasteiger partial charge >= 0.3 is 5.76 Å². The largest absolute Gasteiger partial charge is 0.439 e. The van der Waals surface area contributed by atoms with Crippen LogP contribution in [0.25, 0.3) is 28.1 Å². The third-order valence-corrected chi connectivity index (χ3v) is 6.40. The summed E-state index contributed by atoms with van der Waals surface area (Å²) in [7, 11) is 0. The Labute approximate surface area is 214 Å². The van der Waals surface area contributed by atoms with Crippen molar-refractivity contribution < 1.29 is 4.52 Å². The van der Waals surface area contributed by atoms with E-state index in [0.29, 0.717) is 17.9 Å². The Balaban J connectivity index is 1.51. The zero-order chi connectivity index (χ0) is 25.8. The SMILES string of the molecule is CCCc1nc(C)c(C2=CC=CCC=C2)c(=O)n1Cc1ccc(-c2ccccc2-c2noc(=O)[nH]2)cc1. The summed E-state index contributed by atoms with van der Waals surface area (Å²) >= 11 is 0. The lowest BCUT2D eigenvalue weighted by molar-refractivity contribution is 0.388. The van der Waals surface area contributed by atoms with E-state index in [9.17, 15) is 9.59 Å². The van der Waals surface area contributed by atoms with E-state index >= 15 is 0 Å². The quantitative estimate of drug-likeness (QED) is 0.370. The lowest BCUT2D eigenvalue weighted by Crippen LogP contribution is -2.29. The number of hydrogen-bond donors (Lipinski definition) is 1. The molecule has 1 N–H and O–H groups in total. The van der Waals surface area contributed by atoms with E-state index in [-0.39, 0.29) is 5.56 Å². The molecule has 0 atom stereocenters. The first-order valence-corrected chi connectivity index (χ1v) is 12.4. The molecule has 0 saturated carbocycles. The normalized spacial score (nSPS) is 13.0. The summed E-state index contributed by atoms with van der Waals surface area (Å²) < 4.78 is 6.50. The Kier molecular flexibility index (Phi) is 6.94. The van der Waals surface area contributed by atoms with Crippen LogP contribution in [-0.2, 0) is 13.0 Å². The van der Waals surface area contributed by atoms with Crippen molar-refractivity contribution in [3.63, 3.8) is 0 Å². The maximum atomic E-state index is 13.8. The highest BCUT2D eigenvalue weighted by Crippen LogP contribution is 2.30. The highest BCUT2D eigenvalue weighted by molar-refractivity contribution is 5.80. The first kappa shape index (κ1) is 24.2. The summed E-state index contributed by atoms with van der Waals surface area (Å²) in [6.07, 6.45) is 12.6. The van der Waals surface area contributed by atoms with E-state index < -0.39 is 5.76 Å². The minimum atomic E-state index is -0.592. The van der Waals surface area contributed by atoms with E-state index in [4.69, 9.17) is 9.51 Å². The molecule has 2 aromatic heterocycles. The number of nitrogens with zero attached hydrogens (tertiary/aromatic N) is 3. The standard InChI is InChI=1S/C30H28N4O3/c1-3-10-26-31-20(2)27(23-11-6-4-5-7-12-23)29(35)34(26)19-21-15-17-22(18-16-21)24-13-8-9-14-25(24)28-32-30(36)37-33-28/h4,6-9,11-18H,3,5,10,19H2,1-2H3,(H,32,33,36). The van der Waals surface area contributed by atoms with Gasteiger partial charge in [-0.15, -0.1) is 0 Å². The molecule has 2 aromatic carbocycles. The number of rotatable bonds is 7. The van der Waals surface area contributed by atoms with Crippen LogP contribution in [-0.4, -0.2) is 19.7 Å². The second-order valence-corrected chi connectivity index (χ2v) is 9.00. The maximum absolute atomic E-state index is 13.8. The molecule has 186 valence electrons. The number of hydrogen-bond acceptors (Lipinski definition) is 5. The highest BCUT2D eigenvalue weighted by Gasteiger charge is 2.17. The molecule has 1 aliphatic carbocycles. The van der Waals surface area contributed by atoms with Crippen molar-refractivity contribution in [3.05, 3.63) is 122 Å². The van der Waals surface area contributed by atoms with Gasteiger partial charge in [-0.2, -0.15) is 0 Å². The average molecular weight is 493 g/mol. The molecule has 0 bridgehead atoms. The van der Waals surface area contributed by atoms with E-state index in [1.165, 1.54) is 0 Å². The van der Waals surface area contributed by atoms with Crippen LogP contribution in [0.1, 0.15) is 42.4 Å². The van der Waals surface area contributed by atoms with Gasteiger partial charge in [-0.05, 0) is 42.0 Å². The van der Waals surface area contributed by atoms with Crippen molar-refractivity contribution in [2.24, 2.45) is 0 Å². The van der Waals surface area contributed by atoms with Crippen LogP contribution in [0.2, 0.25) is 0 Å². The van der Waals surface area contributed by atoms with Gasteiger partial charge in [0, 0.05) is 12.0 Å². The van der Waals surface area contributed by atoms with Crippen molar-refractivity contribution >= 4 is 5.57 Å². The Morgan fingerprint density at radius 2 is 1.81 bits per heavy atom. The van der Waals surface area contributed by atoms with Crippen molar-refractivity contribution in [1.29, 1.82) is 0 Å². The fraction of sp³-hybridized carbons (Fsp3) is 0.200. The van der Waals surface area contributed by atoms with Crippen LogP contribution in [0.3, 0.4) is 0 Å². The van der Waals surface area contributed by atoms with Crippen LogP contribution < -0.4 is 11.3 Å². The first-order chi connectivity index (χ1) is 18.0. The lowest BCUT2D eigenvalue weighted by Gasteiger charge is -2.16. The second kappa shape index (κ2) is 10.6. The maximum Gasteiger partial charge on any atom is 0.439 e. The van der Waals surface area contributed by atoms with Gasteiger partial charge in [0.15, 0.2) is 5.82 Å². The highest BCUT2D eigenvalue weighted by atomic mass is 16.5. The molecule has 5 rings (SSSR count). The molecule has 4 aromatic rings. The Morgan fingerprint density at radius 1 is 1.03 bits per heavy atom. The van der Waals surface area contributed by atoms with E-state index in [1.54, 1.807) is 4.57 Å². The molecule has 7 nitrogen and oxygen atoms in total. The zero-order valence-corrected chi connectivity index (χ0v) is 20.9. The third-order valence-electron chi connectivity index (χ3n) is 6.40. The summed E-state index contributed by atoms with van der Waals surface area (Å²) in [6, 6.07) is 15.8. The molecule has 37 heavy (non-hydrogen) atoms. The number of nitrogens with one attached hydrogen (secondary N) is 1. The van der Waals surface area contributed by atoms with Crippen LogP contribution in [0.4, 0.5) is 0 Å². The summed E-state index contributed by atoms with van der Waals surface area (Å²) in [6.45, 7) is 4.44. The van der Waals surface area contributed by atoms with Gasteiger partial charge in [-0.25, -0.2) is 9.78 Å². The molecule has 0 spiro atoms. The number of aromatic amines is 1. The molecule has 0 unspecified atom stereocenters. The molecule has 7 heteroatoms. The van der Waals surface area contributed by atoms with Crippen molar-refractivity contribution in [3.8, 4) is 22.5 Å². The molecule has 2 heterocycles. The van der Waals surface area contributed by atoms with Gasteiger partial charge in [-0.3, -0.25) is 18.9 Å². The molecule has 0 saturated heterocycles. The first-order valence-electron chi connectivity index (χ1n) is 12.4. The number of aromatic nitrogens is 4. The van der Waals surface area contributed by atoms with E-state index in [2.05, 4.69) is 29.2 Å². The number of allylic oxidation sites excluding steroid dienone is 6. The minimum absolute atomic E-state index is 0.0217. The molecular formula is C30H28N4O3. The predicted octanol–water partition coefficient (Wildman–Crippen LogP) is 5.46. The summed E-state index contributed by atoms with van der Waals surface area (Å²) in [5.74, 6) is 0.591. The average Bonchev–Trinajstić information content (AvgIpc) is 3.16. The number of aryl methyl sites for hydroxylation is 2. The molecule has 0 fully saturated rings. The van der Waals surface area contributed by atoms with Crippen molar-refractivity contribution in [2.75, 3.05) is 0 Å². The molecular weight excluding hydrogens is 464 g/mol. The molecule has 1 aliphatic rings. The summed E-state index contributed by atoms with van der Waals surface area (Å²) in [5.41, 5.74) is 5.93. The van der Waals surface area contributed by atoms with Crippen LogP contribution in [0, 0.1) is 6.92 Å². The van der Waals surface area contributed by atoms with E-state index in [1.807, 2.05) is 73.7 Å². The Morgan fingerprint density at radius 3 is 2.54 bits per heavy atom. The molecule has 0 amide bonds. The third kappa shape index (κ3) is 5.07. The molecule has 0 radical (unpaired) electrons. The number of benzene rings is 2. The fourth-order valence-electron chi connectivity index (χ4n) is 4.63. The second-order valence-electron chi connectivity index (χ2n) is 9.00. The van der Waals surface area contributed by atoms with E-state index in [0.717, 1.165) is 58.6 Å². The predicted molar refractivity (Wildman–Crippen MR) is 145 cm³/mol. The summed E-state index contributed by atoms with van der Waals surface area (Å²) in [5, 5.41) is 3.84. The van der Waals surface area contributed by atoms with Gasteiger partial charge < -0.3 is 0 Å². The Hall–Kier alpha value is -4.52. The number of H-pyrrole nitrogens is 1. The van der Waals surface area contributed by atoms with Crippen LogP contribution in [0.5, 0.6) is 0 Å². The minimum Gasteiger partial charge on any atom is -0.296 e. The lowest BCUT2D eigenvalue weighted by atomic mass is 9.98. The van der Waals surface area contributed by atoms with Crippen molar-refractivity contribution in [1.82, 2.24) is 19.7 Å². The van der Waals surface area contributed by atoms with Gasteiger partial charge in [0.1, 0.15) is 5.82 Å². The van der Waals surface area contributed by atoms with Gasteiger partial charge in [0.25, 0.3) is 5.56 Å². The zero-order valence-electron chi connectivity index (χ0n) is 20.9. The van der Waals surface area contributed by atoms with Crippen LogP contribution in [0.15, 0.2) is 93.0 Å². The van der Waals surface area contributed by atoms with Crippen LogP contribution >= 0.6 is 0 Å². The topological polar surface area (TPSA) is 93.8 Å². The van der Waals surface area contributed by atoms with Gasteiger partial charge in [-0.1, -0.05) is 91.0 Å². The fourth-order valence-corrected chi connectivity index (χ4v) is 4.63. The van der Waals surface area contributed by atoms with Crippen molar-refractivity contribution in [2.45, 2.75) is 39.7 Å².